The Hall–Kier alpha value is -1.65. The van der Waals surface area contributed by atoms with Gasteiger partial charge in [-0.3, -0.25) is 0 Å². The lowest BCUT2D eigenvalue weighted by Crippen LogP contribution is -2.31. The summed E-state index contributed by atoms with van der Waals surface area (Å²) in [5.74, 6) is 1.14. The average Bonchev–Trinajstić information content (AvgIpc) is 2.93. The van der Waals surface area contributed by atoms with E-state index in [4.69, 9.17) is 4.98 Å². The lowest BCUT2D eigenvalue weighted by molar-refractivity contribution is 0.672. The summed E-state index contributed by atoms with van der Waals surface area (Å²) in [5.41, 5.74) is 5.60. The molecule has 0 saturated carbocycles. The normalized spacial score (nSPS) is 13.6. The van der Waals surface area contributed by atoms with Crippen molar-refractivity contribution in [1.82, 2.24) is 9.55 Å². The van der Waals surface area contributed by atoms with Crippen molar-refractivity contribution in [1.29, 1.82) is 0 Å². The number of anilines is 1. The number of halogens is 1. The minimum Gasteiger partial charge on any atom is -0.350 e. The van der Waals surface area contributed by atoms with Crippen LogP contribution in [0.4, 0.5) is 5.82 Å². The van der Waals surface area contributed by atoms with Crippen LogP contribution in [-0.2, 0) is 19.5 Å². The molecule has 2 aromatic heterocycles. The van der Waals surface area contributed by atoms with Crippen molar-refractivity contribution in [3.05, 3.63) is 53.3 Å². The largest absolute Gasteiger partial charge is 0.350 e. The zero-order valence-electron chi connectivity index (χ0n) is 15.7. The number of thioether (sulfide) groups is 1. The van der Waals surface area contributed by atoms with Gasteiger partial charge < -0.3 is 9.47 Å². The molecule has 3 aromatic rings. The van der Waals surface area contributed by atoms with Crippen molar-refractivity contribution >= 4 is 40.9 Å². The van der Waals surface area contributed by atoms with Crippen molar-refractivity contribution in [3.63, 3.8) is 0 Å². The Labute approximate surface area is 166 Å². The molecular weight excluding hydrogens is 362 g/mol. The summed E-state index contributed by atoms with van der Waals surface area (Å²) in [4.78, 5) is 8.68. The van der Waals surface area contributed by atoms with E-state index >= 15 is 0 Å². The fraction of sp³-hybridized carbons (Fsp3) is 0.381. The maximum absolute atomic E-state index is 4.83. The highest BCUT2D eigenvalue weighted by Crippen LogP contribution is 2.38. The van der Waals surface area contributed by atoms with E-state index in [-0.39, 0.29) is 12.4 Å². The number of rotatable bonds is 4. The Kier molecular flexibility index (Phi) is 5.83. The topological polar surface area (TPSA) is 21.1 Å². The van der Waals surface area contributed by atoms with E-state index in [0.29, 0.717) is 0 Å². The molecular formula is C21H26ClN3S. The molecule has 1 aliphatic rings. The molecule has 0 spiro atoms. The summed E-state index contributed by atoms with van der Waals surface area (Å²) >= 11 is 1.85. The summed E-state index contributed by atoms with van der Waals surface area (Å²) < 4.78 is 2.48. The lowest BCUT2D eigenvalue weighted by atomic mass is 10.00. The predicted octanol–water partition coefficient (Wildman–Crippen LogP) is 5.46. The Morgan fingerprint density at radius 2 is 1.92 bits per heavy atom. The highest BCUT2D eigenvalue weighted by Gasteiger charge is 2.23. The third-order valence-corrected chi connectivity index (χ3v) is 6.16. The SMILES string of the molecule is CCCn1c(C)c(SC)c2ccnc(N3CCc4ccccc4C3)c21.Cl. The zero-order chi connectivity index (χ0) is 17.4. The van der Waals surface area contributed by atoms with E-state index < -0.39 is 0 Å². The second-order valence-electron chi connectivity index (χ2n) is 6.74. The number of benzene rings is 1. The van der Waals surface area contributed by atoms with Crippen LogP contribution in [0.5, 0.6) is 0 Å². The Morgan fingerprint density at radius 3 is 2.65 bits per heavy atom. The van der Waals surface area contributed by atoms with Crippen LogP contribution in [0.15, 0.2) is 41.4 Å². The third-order valence-electron chi connectivity index (χ3n) is 5.23. The molecule has 0 bridgehead atoms. The smallest absolute Gasteiger partial charge is 0.153 e. The van der Waals surface area contributed by atoms with Crippen molar-refractivity contribution in [3.8, 4) is 0 Å². The first-order chi connectivity index (χ1) is 12.2. The van der Waals surface area contributed by atoms with Crippen molar-refractivity contribution in [2.24, 2.45) is 0 Å². The van der Waals surface area contributed by atoms with Gasteiger partial charge in [0.2, 0.25) is 0 Å². The van der Waals surface area contributed by atoms with Crippen LogP contribution < -0.4 is 4.90 Å². The van der Waals surface area contributed by atoms with Crippen LogP contribution in [0.2, 0.25) is 0 Å². The van der Waals surface area contributed by atoms with Gasteiger partial charge in [-0.2, -0.15) is 0 Å². The summed E-state index contributed by atoms with van der Waals surface area (Å²) in [6.45, 7) is 7.53. The van der Waals surface area contributed by atoms with Gasteiger partial charge in [-0.1, -0.05) is 31.2 Å². The second-order valence-corrected chi connectivity index (χ2v) is 7.56. The number of hydrogen-bond acceptors (Lipinski definition) is 3. The van der Waals surface area contributed by atoms with E-state index in [9.17, 15) is 0 Å². The standard InChI is InChI=1S/C21H25N3S.ClH/c1-4-12-24-15(2)20(25-3)18-9-11-22-21(19(18)24)23-13-10-16-7-5-6-8-17(16)14-23;/h5-9,11H,4,10,12-14H2,1-3H3;1H. The van der Waals surface area contributed by atoms with Gasteiger partial charge in [0.15, 0.2) is 5.82 Å². The lowest BCUT2D eigenvalue weighted by Gasteiger charge is -2.30. The number of pyridine rings is 1. The zero-order valence-corrected chi connectivity index (χ0v) is 17.3. The molecule has 0 fully saturated rings. The Morgan fingerprint density at radius 1 is 1.15 bits per heavy atom. The van der Waals surface area contributed by atoms with Crippen LogP contribution in [0.3, 0.4) is 0 Å². The molecule has 3 heterocycles. The molecule has 0 aliphatic carbocycles. The van der Waals surface area contributed by atoms with Gasteiger partial charge in [-0.05, 0) is 43.2 Å². The molecule has 0 unspecified atom stereocenters. The molecule has 0 atom stereocenters. The minimum atomic E-state index is 0. The van der Waals surface area contributed by atoms with Gasteiger partial charge in [-0.15, -0.1) is 24.2 Å². The van der Waals surface area contributed by atoms with Crippen molar-refractivity contribution < 1.29 is 0 Å². The third kappa shape index (κ3) is 3.10. The molecule has 1 aromatic carbocycles. The van der Waals surface area contributed by atoms with E-state index in [2.05, 4.69) is 59.9 Å². The van der Waals surface area contributed by atoms with Gasteiger partial charge in [0.1, 0.15) is 0 Å². The van der Waals surface area contributed by atoms with Crippen molar-refractivity contribution in [2.75, 3.05) is 17.7 Å². The first kappa shape index (κ1) is 19.1. The minimum absolute atomic E-state index is 0. The molecule has 0 amide bonds. The number of nitrogens with zero attached hydrogens (tertiary/aromatic N) is 3. The molecule has 138 valence electrons. The molecule has 0 N–H and O–H groups in total. The highest BCUT2D eigenvalue weighted by atomic mass is 35.5. The van der Waals surface area contributed by atoms with E-state index in [1.165, 1.54) is 32.6 Å². The molecule has 1 aliphatic heterocycles. The summed E-state index contributed by atoms with van der Waals surface area (Å²) in [6.07, 6.45) is 6.38. The first-order valence-corrected chi connectivity index (χ1v) is 10.3. The molecule has 26 heavy (non-hydrogen) atoms. The molecule has 3 nitrogen and oxygen atoms in total. The average molecular weight is 388 g/mol. The van der Waals surface area contributed by atoms with Crippen molar-refractivity contribution in [2.45, 2.75) is 44.7 Å². The number of aromatic nitrogens is 2. The van der Waals surface area contributed by atoms with Gasteiger partial charge in [0, 0.05) is 41.8 Å². The quantitative estimate of drug-likeness (QED) is 0.554. The predicted molar refractivity (Wildman–Crippen MR) is 115 cm³/mol. The molecule has 4 rings (SSSR count). The maximum Gasteiger partial charge on any atom is 0.153 e. The van der Waals surface area contributed by atoms with Gasteiger partial charge in [0.25, 0.3) is 0 Å². The summed E-state index contributed by atoms with van der Waals surface area (Å²) in [7, 11) is 0. The second kappa shape index (κ2) is 7.93. The van der Waals surface area contributed by atoms with Crippen LogP contribution in [0.25, 0.3) is 10.9 Å². The summed E-state index contributed by atoms with van der Waals surface area (Å²) in [5, 5.41) is 1.35. The Balaban J connectivity index is 0.00000196. The van der Waals surface area contributed by atoms with Gasteiger partial charge in [-0.25, -0.2) is 4.98 Å². The van der Waals surface area contributed by atoms with E-state index in [1.807, 2.05) is 18.0 Å². The van der Waals surface area contributed by atoms with Crippen LogP contribution >= 0.6 is 24.2 Å². The fourth-order valence-electron chi connectivity index (χ4n) is 4.05. The highest BCUT2D eigenvalue weighted by molar-refractivity contribution is 7.98. The van der Waals surface area contributed by atoms with Gasteiger partial charge in [0.05, 0.1) is 5.52 Å². The number of hydrogen-bond donors (Lipinski definition) is 0. The van der Waals surface area contributed by atoms with E-state index in [0.717, 1.165) is 38.3 Å². The number of fused-ring (bicyclic) bond motifs is 2. The molecule has 0 radical (unpaired) electrons. The monoisotopic (exact) mass is 387 g/mol. The Bertz CT molecular complexity index is 919. The summed E-state index contributed by atoms with van der Waals surface area (Å²) in [6, 6.07) is 11.0. The molecule has 5 heteroatoms. The fourth-order valence-corrected chi connectivity index (χ4v) is 4.84. The maximum atomic E-state index is 4.83. The first-order valence-electron chi connectivity index (χ1n) is 9.08. The van der Waals surface area contributed by atoms with Crippen LogP contribution in [0, 0.1) is 6.92 Å². The molecule has 0 saturated heterocycles. The number of aryl methyl sites for hydroxylation is 1. The van der Waals surface area contributed by atoms with E-state index in [1.54, 1.807) is 0 Å². The van der Waals surface area contributed by atoms with Crippen LogP contribution in [0.1, 0.15) is 30.2 Å². The van der Waals surface area contributed by atoms with Crippen LogP contribution in [-0.4, -0.2) is 22.4 Å². The van der Waals surface area contributed by atoms with Gasteiger partial charge >= 0.3 is 0 Å².